The van der Waals surface area contributed by atoms with Gasteiger partial charge in [-0.25, -0.2) is 9.97 Å². The lowest BCUT2D eigenvalue weighted by Gasteiger charge is -2.31. The number of hydrogen-bond acceptors (Lipinski definition) is 4. The van der Waals surface area contributed by atoms with Gasteiger partial charge in [-0.2, -0.15) is 0 Å². The van der Waals surface area contributed by atoms with E-state index in [0.717, 1.165) is 42.8 Å². The van der Waals surface area contributed by atoms with Crippen LogP contribution in [0, 0.1) is 0 Å². The van der Waals surface area contributed by atoms with Crippen LogP contribution in [0.25, 0.3) is 11.0 Å². The Labute approximate surface area is 123 Å². The maximum atomic E-state index is 6.23. The summed E-state index contributed by atoms with van der Waals surface area (Å²) in [6, 6.07) is 8.07. The molecule has 1 saturated heterocycles. The van der Waals surface area contributed by atoms with E-state index in [2.05, 4.69) is 14.9 Å². The Balaban J connectivity index is 0.00000133. The number of hydrogen-bond donors (Lipinski definition) is 1. The molecular weight excluding hydrogens is 283 g/mol. The molecule has 0 radical (unpaired) electrons. The Bertz CT molecular complexity index is 568. The molecule has 0 amide bonds. The highest BCUT2D eigenvalue weighted by molar-refractivity contribution is 6.32. The van der Waals surface area contributed by atoms with E-state index in [0.29, 0.717) is 11.2 Å². The number of nitrogens with two attached hydrogens (primary N) is 1. The molecule has 1 aromatic carbocycles. The fourth-order valence-corrected chi connectivity index (χ4v) is 2.53. The van der Waals surface area contributed by atoms with Crippen molar-refractivity contribution in [3.63, 3.8) is 0 Å². The second-order valence-electron chi connectivity index (χ2n) is 4.65. The lowest BCUT2D eigenvalue weighted by atomic mass is 10.1. The van der Waals surface area contributed by atoms with Gasteiger partial charge >= 0.3 is 0 Å². The van der Waals surface area contributed by atoms with Crippen molar-refractivity contribution in [3.8, 4) is 0 Å². The Morgan fingerprint density at radius 1 is 1.11 bits per heavy atom. The average Bonchev–Trinajstić information content (AvgIpc) is 2.39. The molecule has 0 atom stereocenters. The van der Waals surface area contributed by atoms with Crippen molar-refractivity contribution in [2.24, 2.45) is 5.73 Å². The molecule has 1 aromatic heterocycles. The smallest absolute Gasteiger partial charge is 0.172 e. The molecule has 0 bridgehead atoms. The first-order chi connectivity index (χ1) is 8.74. The van der Waals surface area contributed by atoms with Crippen molar-refractivity contribution in [3.05, 3.63) is 29.4 Å². The van der Waals surface area contributed by atoms with E-state index in [1.54, 1.807) is 0 Å². The SMILES string of the molecule is Cl.NC1CCN(c2nc3ccccc3nc2Cl)CC1. The van der Waals surface area contributed by atoms with Crippen LogP contribution in [0.2, 0.25) is 5.15 Å². The molecule has 6 heteroatoms. The molecule has 3 rings (SSSR count). The lowest BCUT2D eigenvalue weighted by molar-refractivity contribution is 0.498. The van der Waals surface area contributed by atoms with E-state index in [1.165, 1.54) is 0 Å². The normalized spacial score (nSPS) is 16.4. The zero-order chi connectivity index (χ0) is 12.5. The van der Waals surface area contributed by atoms with Gasteiger partial charge in [-0.1, -0.05) is 23.7 Å². The van der Waals surface area contributed by atoms with Crippen LogP contribution in [0.3, 0.4) is 0 Å². The number of rotatable bonds is 1. The summed E-state index contributed by atoms with van der Waals surface area (Å²) in [7, 11) is 0. The lowest BCUT2D eigenvalue weighted by Crippen LogP contribution is -2.40. The molecular formula is C13H16Cl2N4. The molecule has 2 aromatic rings. The summed E-state index contributed by atoms with van der Waals surface area (Å²) in [4.78, 5) is 11.2. The van der Waals surface area contributed by atoms with Crippen molar-refractivity contribution in [2.45, 2.75) is 18.9 Å². The largest absolute Gasteiger partial charge is 0.354 e. The third-order valence-corrected chi connectivity index (χ3v) is 3.60. The molecule has 1 aliphatic rings. The van der Waals surface area contributed by atoms with Gasteiger partial charge in [0, 0.05) is 19.1 Å². The zero-order valence-corrected chi connectivity index (χ0v) is 12.0. The molecule has 2 heterocycles. The van der Waals surface area contributed by atoms with E-state index in [9.17, 15) is 0 Å². The molecule has 19 heavy (non-hydrogen) atoms. The summed E-state index contributed by atoms with van der Waals surface area (Å²) >= 11 is 6.23. The summed E-state index contributed by atoms with van der Waals surface area (Å²) in [5.74, 6) is 0.780. The van der Waals surface area contributed by atoms with Gasteiger partial charge in [-0.15, -0.1) is 12.4 Å². The van der Waals surface area contributed by atoms with Crippen LogP contribution in [0.1, 0.15) is 12.8 Å². The summed E-state index contributed by atoms with van der Waals surface area (Å²) in [6.07, 6.45) is 1.95. The Hall–Kier alpha value is -1.10. The van der Waals surface area contributed by atoms with Crippen LogP contribution in [-0.4, -0.2) is 29.1 Å². The van der Waals surface area contributed by atoms with E-state index < -0.39 is 0 Å². The molecule has 0 saturated carbocycles. The number of aromatic nitrogens is 2. The highest BCUT2D eigenvalue weighted by Crippen LogP contribution is 2.26. The summed E-state index contributed by atoms with van der Waals surface area (Å²) in [5.41, 5.74) is 7.62. The summed E-state index contributed by atoms with van der Waals surface area (Å²) in [5, 5.41) is 0.476. The van der Waals surface area contributed by atoms with Crippen molar-refractivity contribution < 1.29 is 0 Å². The second-order valence-corrected chi connectivity index (χ2v) is 5.01. The minimum Gasteiger partial charge on any atom is -0.354 e. The first kappa shape index (κ1) is 14.3. The third kappa shape index (κ3) is 2.91. The number of nitrogens with zero attached hydrogens (tertiary/aromatic N) is 3. The molecule has 4 nitrogen and oxygen atoms in total. The number of fused-ring (bicyclic) bond motifs is 1. The molecule has 2 N–H and O–H groups in total. The van der Waals surface area contributed by atoms with Crippen molar-refractivity contribution in [1.29, 1.82) is 0 Å². The van der Waals surface area contributed by atoms with E-state index in [-0.39, 0.29) is 12.4 Å². The minimum atomic E-state index is 0. The van der Waals surface area contributed by atoms with Gasteiger partial charge in [0.2, 0.25) is 0 Å². The Morgan fingerprint density at radius 2 is 1.68 bits per heavy atom. The van der Waals surface area contributed by atoms with Crippen LogP contribution in [0.4, 0.5) is 5.82 Å². The Morgan fingerprint density at radius 3 is 2.32 bits per heavy atom. The maximum absolute atomic E-state index is 6.23. The predicted molar refractivity (Wildman–Crippen MR) is 81.2 cm³/mol. The van der Waals surface area contributed by atoms with Crippen molar-refractivity contribution in [1.82, 2.24) is 9.97 Å². The number of benzene rings is 1. The topological polar surface area (TPSA) is 55.0 Å². The molecule has 0 aliphatic carbocycles. The fourth-order valence-electron chi connectivity index (χ4n) is 2.28. The number of para-hydroxylation sites is 2. The first-order valence-electron chi connectivity index (χ1n) is 6.17. The third-order valence-electron chi connectivity index (χ3n) is 3.35. The van der Waals surface area contributed by atoms with Crippen molar-refractivity contribution >= 4 is 40.9 Å². The van der Waals surface area contributed by atoms with Crippen LogP contribution in [0.5, 0.6) is 0 Å². The molecule has 0 unspecified atom stereocenters. The van der Waals surface area contributed by atoms with Crippen LogP contribution in [0.15, 0.2) is 24.3 Å². The second kappa shape index (κ2) is 5.90. The van der Waals surface area contributed by atoms with Gasteiger partial charge in [0.1, 0.15) is 0 Å². The first-order valence-corrected chi connectivity index (χ1v) is 6.54. The molecule has 102 valence electrons. The molecule has 1 fully saturated rings. The van der Waals surface area contributed by atoms with Gasteiger partial charge in [0.15, 0.2) is 11.0 Å². The van der Waals surface area contributed by atoms with Gasteiger partial charge in [-0.05, 0) is 25.0 Å². The van der Waals surface area contributed by atoms with E-state index in [1.807, 2.05) is 24.3 Å². The molecule has 0 spiro atoms. The van der Waals surface area contributed by atoms with Gasteiger partial charge in [0.25, 0.3) is 0 Å². The molecule has 1 aliphatic heterocycles. The van der Waals surface area contributed by atoms with E-state index in [4.69, 9.17) is 17.3 Å². The number of halogens is 2. The quantitative estimate of drug-likeness (QED) is 0.879. The van der Waals surface area contributed by atoms with Gasteiger partial charge < -0.3 is 10.6 Å². The minimum absolute atomic E-state index is 0. The number of piperidine rings is 1. The number of anilines is 1. The van der Waals surface area contributed by atoms with Crippen LogP contribution < -0.4 is 10.6 Å². The van der Waals surface area contributed by atoms with Crippen LogP contribution in [-0.2, 0) is 0 Å². The van der Waals surface area contributed by atoms with E-state index >= 15 is 0 Å². The van der Waals surface area contributed by atoms with Crippen LogP contribution >= 0.6 is 24.0 Å². The average molecular weight is 299 g/mol. The fraction of sp³-hybridized carbons (Fsp3) is 0.385. The summed E-state index contributed by atoms with van der Waals surface area (Å²) < 4.78 is 0. The van der Waals surface area contributed by atoms with Gasteiger partial charge in [-0.3, -0.25) is 0 Å². The monoisotopic (exact) mass is 298 g/mol. The van der Waals surface area contributed by atoms with Crippen molar-refractivity contribution in [2.75, 3.05) is 18.0 Å². The zero-order valence-electron chi connectivity index (χ0n) is 10.4. The summed E-state index contributed by atoms with van der Waals surface area (Å²) in [6.45, 7) is 1.79. The maximum Gasteiger partial charge on any atom is 0.172 e. The highest BCUT2D eigenvalue weighted by Gasteiger charge is 2.20. The predicted octanol–water partition coefficient (Wildman–Crippen LogP) is 2.63. The standard InChI is InChI=1S/C13H15ClN4.ClH/c14-12-13(18-7-5-9(15)6-8-18)17-11-4-2-1-3-10(11)16-12;/h1-4,9H,5-8,15H2;1H. The highest BCUT2D eigenvalue weighted by atomic mass is 35.5. The van der Waals surface area contributed by atoms with Gasteiger partial charge in [0.05, 0.1) is 11.0 Å². The Kier molecular flexibility index (Phi) is 4.45.